The monoisotopic (exact) mass is 358 g/mol. The summed E-state index contributed by atoms with van der Waals surface area (Å²) in [5, 5.41) is 12.1. The fourth-order valence-corrected chi connectivity index (χ4v) is 4.11. The van der Waals surface area contributed by atoms with Crippen LogP contribution in [0.5, 0.6) is 0 Å². The predicted molar refractivity (Wildman–Crippen MR) is 97.1 cm³/mol. The van der Waals surface area contributed by atoms with Gasteiger partial charge in [-0.05, 0) is 43.9 Å². The van der Waals surface area contributed by atoms with Crippen LogP contribution in [-0.4, -0.2) is 40.0 Å². The summed E-state index contributed by atoms with van der Waals surface area (Å²) in [6, 6.07) is 6.75. The highest BCUT2D eigenvalue weighted by Crippen LogP contribution is 2.29. The van der Waals surface area contributed by atoms with E-state index in [9.17, 15) is 9.59 Å². The molecule has 0 spiro atoms. The van der Waals surface area contributed by atoms with Crippen molar-refractivity contribution < 1.29 is 14.7 Å². The third-order valence-electron chi connectivity index (χ3n) is 4.59. The van der Waals surface area contributed by atoms with Gasteiger partial charge >= 0.3 is 5.97 Å². The number of carbonyl (C=O) groups excluding carboxylic acids is 1. The third kappa shape index (κ3) is 4.45. The molecular weight excluding hydrogens is 336 g/mol. The molecule has 25 heavy (non-hydrogen) atoms. The summed E-state index contributed by atoms with van der Waals surface area (Å²) in [5.41, 5.74) is 2.31. The molecule has 1 fully saturated rings. The first-order chi connectivity index (χ1) is 12.0. The van der Waals surface area contributed by atoms with Crippen LogP contribution in [-0.2, 0) is 11.2 Å². The van der Waals surface area contributed by atoms with Crippen LogP contribution in [0.3, 0.4) is 0 Å². The lowest BCUT2D eigenvalue weighted by Crippen LogP contribution is -2.39. The number of likely N-dealkylation sites (tertiary alicyclic amines) is 1. The SMILES string of the molecule is Cc1csc(C2CCCN(C(=O)CCc3ccc(C(=O)O)cc3)C2)n1. The Kier molecular flexibility index (Phi) is 5.48. The molecule has 1 atom stereocenters. The number of rotatable bonds is 5. The normalized spacial score (nSPS) is 17.5. The largest absolute Gasteiger partial charge is 0.478 e. The van der Waals surface area contributed by atoms with Crippen LogP contribution < -0.4 is 0 Å². The van der Waals surface area contributed by atoms with Gasteiger partial charge in [0.15, 0.2) is 0 Å². The number of thiazole rings is 1. The van der Waals surface area contributed by atoms with Crippen molar-refractivity contribution in [2.24, 2.45) is 0 Å². The first-order valence-corrected chi connectivity index (χ1v) is 9.43. The number of hydrogen-bond donors (Lipinski definition) is 1. The Labute approximate surface area is 151 Å². The van der Waals surface area contributed by atoms with Crippen LogP contribution in [0.4, 0.5) is 0 Å². The van der Waals surface area contributed by atoms with Gasteiger partial charge in [-0.2, -0.15) is 0 Å². The van der Waals surface area contributed by atoms with Crippen molar-refractivity contribution in [1.82, 2.24) is 9.88 Å². The Hall–Kier alpha value is -2.21. The number of amides is 1. The molecule has 2 aromatic rings. The molecule has 0 radical (unpaired) electrons. The first kappa shape index (κ1) is 17.6. The van der Waals surface area contributed by atoms with Crippen molar-refractivity contribution in [3.8, 4) is 0 Å². The molecule has 132 valence electrons. The van der Waals surface area contributed by atoms with E-state index in [1.807, 2.05) is 11.8 Å². The number of nitrogens with zero attached hydrogens (tertiary/aromatic N) is 2. The smallest absolute Gasteiger partial charge is 0.335 e. The summed E-state index contributed by atoms with van der Waals surface area (Å²) in [6.45, 7) is 3.57. The van der Waals surface area contributed by atoms with Crippen molar-refractivity contribution in [2.45, 2.75) is 38.5 Å². The number of piperidine rings is 1. The molecule has 0 aliphatic carbocycles. The molecule has 1 aliphatic rings. The average Bonchev–Trinajstić information content (AvgIpc) is 3.06. The zero-order chi connectivity index (χ0) is 17.8. The quantitative estimate of drug-likeness (QED) is 0.888. The molecule has 1 N–H and O–H groups in total. The van der Waals surface area contributed by atoms with Crippen LogP contribution in [0.15, 0.2) is 29.6 Å². The van der Waals surface area contributed by atoms with Gasteiger partial charge in [0, 0.05) is 36.5 Å². The second kappa shape index (κ2) is 7.78. The van der Waals surface area contributed by atoms with Gasteiger partial charge in [-0.3, -0.25) is 4.79 Å². The highest BCUT2D eigenvalue weighted by Gasteiger charge is 2.26. The van der Waals surface area contributed by atoms with E-state index in [-0.39, 0.29) is 11.5 Å². The van der Waals surface area contributed by atoms with Gasteiger partial charge in [0.05, 0.1) is 10.6 Å². The highest BCUT2D eigenvalue weighted by molar-refractivity contribution is 7.09. The molecule has 1 saturated heterocycles. The molecule has 6 heteroatoms. The van der Waals surface area contributed by atoms with Crippen molar-refractivity contribution in [2.75, 3.05) is 13.1 Å². The van der Waals surface area contributed by atoms with E-state index in [0.29, 0.717) is 18.8 Å². The van der Waals surface area contributed by atoms with Gasteiger partial charge in [0.1, 0.15) is 0 Å². The fourth-order valence-electron chi connectivity index (χ4n) is 3.19. The lowest BCUT2D eigenvalue weighted by molar-refractivity contribution is -0.132. The lowest BCUT2D eigenvalue weighted by Gasteiger charge is -2.32. The van der Waals surface area contributed by atoms with E-state index >= 15 is 0 Å². The zero-order valence-corrected chi connectivity index (χ0v) is 15.1. The third-order valence-corrected chi connectivity index (χ3v) is 5.71. The summed E-state index contributed by atoms with van der Waals surface area (Å²) in [6.07, 6.45) is 3.20. The number of aromatic carboxylic acids is 1. The molecule has 1 amide bonds. The van der Waals surface area contributed by atoms with Crippen molar-refractivity contribution in [1.29, 1.82) is 0 Å². The van der Waals surface area contributed by atoms with Crippen LogP contribution in [0.2, 0.25) is 0 Å². The molecule has 0 saturated carbocycles. The molecule has 3 rings (SSSR count). The minimum absolute atomic E-state index is 0.167. The summed E-state index contributed by atoms with van der Waals surface area (Å²) in [4.78, 5) is 29.9. The van der Waals surface area contributed by atoms with Gasteiger partial charge in [-0.25, -0.2) is 9.78 Å². The van der Waals surface area contributed by atoms with E-state index in [1.165, 1.54) is 0 Å². The standard InChI is InChI=1S/C19H22N2O3S/c1-13-12-25-18(20-13)16-3-2-10-21(11-16)17(22)9-6-14-4-7-15(8-5-14)19(23)24/h4-5,7-8,12,16H,2-3,6,9-11H2,1H3,(H,23,24). The highest BCUT2D eigenvalue weighted by atomic mass is 32.1. The molecular formula is C19H22N2O3S. The summed E-state index contributed by atoms with van der Waals surface area (Å²) >= 11 is 1.69. The van der Waals surface area contributed by atoms with E-state index in [2.05, 4.69) is 10.4 Å². The molecule has 1 aliphatic heterocycles. The van der Waals surface area contributed by atoms with Crippen LogP contribution in [0.25, 0.3) is 0 Å². The Balaban J connectivity index is 1.54. The number of carbonyl (C=O) groups is 2. The summed E-state index contributed by atoms with van der Waals surface area (Å²) < 4.78 is 0. The van der Waals surface area contributed by atoms with Crippen molar-refractivity contribution in [3.05, 3.63) is 51.5 Å². The fraction of sp³-hybridized carbons (Fsp3) is 0.421. The van der Waals surface area contributed by atoms with Gasteiger partial charge in [-0.15, -0.1) is 11.3 Å². The maximum atomic E-state index is 12.5. The number of carboxylic acid groups (broad SMARTS) is 1. The molecule has 1 aromatic heterocycles. The Morgan fingerprint density at radius 2 is 2.08 bits per heavy atom. The predicted octanol–water partition coefficient (Wildman–Crippen LogP) is 3.49. The van der Waals surface area contributed by atoms with Crippen molar-refractivity contribution >= 4 is 23.2 Å². The van der Waals surface area contributed by atoms with Gasteiger partial charge in [-0.1, -0.05) is 12.1 Å². The summed E-state index contributed by atoms with van der Waals surface area (Å²) in [5.74, 6) is -0.411. The van der Waals surface area contributed by atoms with Gasteiger partial charge in [0.2, 0.25) is 5.91 Å². The first-order valence-electron chi connectivity index (χ1n) is 8.55. The van der Waals surface area contributed by atoms with Crippen LogP contribution >= 0.6 is 11.3 Å². The van der Waals surface area contributed by atoms with E-state index < -0.39 is 5.97 Å². The van der Waals surface area contributed by atoms with Gasteiger partial charge in [0.25, 0.3) is 0 Å². The zero-order valence-electron chi connectivity index (χ0n) is 14.3. The van der Waals surface area contributed by atoms with E-state index in [0.717, 1.165) is 42.2 Å². The van der Waals surface area contributed by atoms with Crippen LogP contribution in [0.1, 0.15) is 51.8 Å². The second-order valence-corrected chi connectivity index (χ2v) is 7.40. The summed E-state index contributed by atoms with van der Waals surface area (Å²) in [7, 11) is 0. The molecule has 1 unspecified atom stereocenters. The van der Waals surface area contributed by atoms with Crippen molar-refractivity contribution in [3.63, 3.8) is 0 Å². The minimum Gasteiger partial charge on any atom is -0.478 e. The van der Waals surface area contributed by atoms with E-state index in [4.69, 9.17) is 5.11 Å². The Bertz CT molecular complexity index is 754. The maximum absolute atomic E-state index is 12.5. The Morgan fingerprint density at radius 3 is 2.72 bits per heavy atom. The number of aromatic nitrogens is 1. The average molecular weight is 358 g/mol. The topological polar surface area (TPSA) is 70.5 Å². The van der Waals surface area contributed by atoms with E-state index in [1.54, 1.807) is 35.6 Å². The molecule has 0 bridgehead atoms. The molecule has 1 aromatic carbocycles. The molecule has 5 nitrogen and oxygen atoms in total. The number of hydrogen-bond acceptors (Lipinski definition) is 4. The number of aryl methyl sites for hydroxylation is 2. The number of carboxylic acids is 1. The minimum atomic E-state index is -0.931. The maximum Gasteiger partial charge on any atom is 0.335 e. The van der Waals surface area contributed by atoms with Crippen LogP contribution in [0, 0.1) is 6.92 Å². The number of benzene rings is 1. The lowest BCUT2D eigenvalue weighted by atomic mass is 9.98. The Morgan fingerprint density at radius 1 is 1.32 bits per heavy atom. The second-order valence-electron chi connectivity index (χ2n) is 6.51. The molecule has 2 heterocycles. The van der Waals surface area contributed by atoms with Gasteiger partial charge < -0.3 is 10.0 Å².